The molecular weight excluding hydrogens is 365 g/mol. The number of carbonyl (C=O) groups excluding carboxylic acids is 1. The first-order chi connectivity index (χ1) is 12.8. The number of imidazole rings is 1. The number of hydrogen-bond donors (Lipinski definition) is 2. The van der Waals surface area contributed by atoms with Gasteiger partial charge in [0.1, 0.15) is 0 Å². The molecule has 2 amide bonds. The van der Waals surface area contributed by atoms with E-state index in [9.17, 15) is 22.8 Å². The highest BCUT2D eigenvalue weighted by molar-refractivity contribution is 5.78. The lowest BCUT2D eigenvalue weighted by Crippen LogP contribution is -2.40. The van der Waals surface area contributed by atoms with Crippen molar-refractivity contribution in [2.75, 3.05) is 19.6 Å². The van der Waals surface area contributed by atoms with E-state index >= 15 is 0 Å². The lowest BCUT2D eigenvalue weighted by Gasteiger charge is -2.18. The molecule has 2 N–H and O–H groups in total. The minimum Gasteiger partial charge on any atom is -0.481 e. The number of aromatic nitrogens is 2. The molecule has 27 heavy (non-hydrogen) atoms. The van der Waals surface area contributed by atoms with Crippen LogP contribution in [0.1, 0.15) is 6.42 Å². The quantitative estimate of drug-likeness (QED) is 0.775. The third-order valence-electron chi connectivity index (χ3n) is 4.72. The zero-order chi connectivity index (χ0) is 19.6. The molecule has 1 aromatic heterocycles. The highest BCUT2D eigenvalue weighted by Crippen LogP contribution is 2.37. The first-order valence-corrected chi connectivity index (χ1v) is 8.49. The van der Waals surface area contributed by atoms with Gasteiger partial charge in [-0.1, -0.05) is 12.1 Å². The fraction of sp³-hybridized carbons (Fsp3) is 0.471. The maximum Gasteiger partial charge on any atom is 0.394 e. The summed E-state index contributed by atoms with van der Waals surface area (Å²) in [6.07, 6.45) is -2.40. The molecule has 10 heteroatoms. The number of alkyl halides is 3. The Bertz CT molecular complexity index is 836. The second-order valence-electron chi connectivity index (χ2n) is 6.51. The number of aryl methyl sites for hydroxylation is 1. The summed E-state index contributed by atoms with van der Waals surface area (Å²) in [5, 5.41) is 11.5. The maximum atomic E-state index is 13.0. The van der Waals surface area contributed by atoms with Gasteiger partial charge in [-0.3, -0.25) is 4.79 Å². The fourth-order valence-electron chi connectivity index (χ4n) is 3.30. The lowest BCUT2D eigenvalue weighted by atomic mass is 9.96. The summed E-state index contributed by atoms with van der Waals surface area (Å²) in [6.45, 7) is -0.240. The number of carboxylic acids is 1. The molecule has 7 nitrogen and oxygen atoms in total. The number of fused-ring (bicyclic) bond motifs is 1. The molecule has 0 radical (unpaired) electrons. The third kappa shape index (κ3) is 4.15. The van der Waals surface area contributed by atoms with Gasteiger partial charge in [-0.2, -0.15) is 13.2 Å². The van der Waals surface area contributed by atoms with Crippen LogP contribution in [-0.2, 0) is 11.3 Å². The van der Waals surface area contributed by atoms with Gasteiger partial charge in [0, 0.05) is 26.2 Å². The molecule has 1 saturated heterocycles. The molecule has 0 bridgehead atoms. The van der Waals surface area contributed by atoms with E-state index in [0.29, 0.717) is 13.0 Å². The number of nitrogens with zero attached hydrogens (tertiary/aromatic N) is 3. The number of rotatable bonds is 5. The molecule has 0 aliphatic carbocycles. The maximum absolute atomic E-state index is 13.0. The van der Waals surface area contributed by atoms with E-state index in [1.165, 1.54) is 0 Å². The van der Waals surface area contributed by atoms with Crippen molar-refractivity contribution in [1.29, 1.82) is 0 Å². The normalized spacial score (nSPS) is 20.2. The predicted octanol–water partition coefficient (Wildman–Crippen LogP) is 2.33. The largest absolute Gasteiger partial charge is 0.481 e. The molecule has 1 aliphatic rings. The van der Waals surface area contributed by atoms with E-state index in [-0.39, 0.29) is 6.54 Å². The second-order valence-corrected chi connectivity index (χ2v) is 6.51. The van der Waals surface area contributed by atoms with Crippen LogP contribution in [0.2, 0.25) is 0 Å². The van der Waals surface area contributed by atoms with Crippen LogP contribution in [0.5, 0.6) is 0 Å². The summed E-state index contributed by atoms with van der Waals surface area (Å²) in [4.78, 5) is 28.3. The second kappa shape index (κ2) is 7.45. The van der Waals surface area contributed by atoms with Crippen LogP contribution in [0.15, 0.2) is 30.6 Å². The Labute approximate surface area is 152 Å². The van der Waals surface area contributed by atoms with Gasteiger partial charge >= 0.3 is 18.2 Å². The van der Waals surface area contributed by atoms with Crippen molar-refractivity contribution in [3.8, 4) is 0 Å². The smallest absolute Gasteiger partial charge is 0.394 e. The SMILES string of the molecule is O=C(O)[C@@H]1CN(C(=O)NCCCn2cnc3ccccc32)C[C@H]1C(F)(F)F. The predicted molar refractivity (Wildman–Crippen MR) is 90.0 cm³/mol. The zero-order valence-corrected chi connectivity index (χ0v) is 14.3. The zero-order valence-electron chi connectivity index (χ0n) is 14.3. The number of benzene rings is 1. The number of likely N-dealkylation sites (tertiary alicyclic amines) is 1. The van der Waals surface area contributed by atoms with Gasteiger partial charge in [-0.25, -0.2) is 9.78 Å². The molecule has 0 unspecified atom stereocenters. The van der Waals surface area contributed by atoms with Crippen molar-refractivity contribution in [2.24, 2.45) is 11.8 Å². The molecular formula is C17H19F3N4O3. The molecule has 146 valence electrons. The minimum absolute atomic E-state index is 0.260. The van der Waals surface area contributed by atoms with Crippen LogP contribution in [0.4, 0.5) is 18.0 Å². The van der Waals surface area contributed by atoms with Crippen LogP contribution >= 0.6 is 0 Å². The first-order valence-electron chi connectivity index (χ1n) is 8.49. The summed E-state index contributed by atoms with van der Waals surface area (Å²) in [6, 6.07) is 6.91. The van der Waals surface area contributed by atoms with Crippen LogP contribution in [-0.4, -0.2) is 57.4 Å². The molecule has 1 fully saturated rings. The number of carboxylic acid groups (broad SMARTS) is 1. The van der Waals surface area contributed by atoms with E-state index in [1.807, 2.05) is 28.8 Å². The first kappa shape index (κ1) is 19.0. The van der Waals surface area contributed by atoms with Crippen LogP contribution < -0.4 is 5.32 Å². The number of aliphatic carboxylic acids is 1. The Morgan fingerprint density at radius 3 is 2.67 bits per heavy atom. The van der Waals surface area contributed by atoms with Gasteiger partial charge in [0.25, 0.3) is 0 Å². The molecule has 1 aromatic carbocycles. The van der Waals surface area contributed by atoms with E-state index in [1.54, 1.807) is 6.33 Å². The molecule has 3 rings (SSSR count). The van der Waals surface area contributed by atoms with Crippen LogP contribution in [0.25, 0.3) is 11.0 Å². The van der Waals surface area contributed by atoms with Gasteiger partial charge < -0.3 is 19.9 Å². The summed E-state index contributed by atoms with van der Waals surface area (Å²) in [7, 11) is 0. The van der Waals surface area contributed by atoms with Gasteiger partial charge in [-0.05, 0) is 18.6 Å². The number of carbonyl (C=O) groups is 2. The van der Waals surface area contributed by atoms with Crippen molar-refractivity contribution in [3.05, 3.63) is 30.6 Å². The van der Waals surface area contributed by atoms with E-state index in [2.05, 4.69) is 10.3 Å². The topological polar surface area (TPSA) is 87.5 Å². The average Bonchev–Trinajstić information content (AvgIpc) is 3.23. The molecule has 2 heterocycles. The Balaban J connectivity index is 1.50. The lowest BCUT2D eigenvalue weighted by molar-refractivity contribution is -0.187. The van der Waals surface area contributed by atoms with Gasteiger partial charge in [0.2, 0.25) is 0 Å². The van der Waals surface area contributed by atoms with E-state index in [0.717, 1.165) is 15.9 Å². The number of para-hydroxylation sites is 2. The number of hydrogen-bond acceptors (Lipinski definition) is 3. The molecule has 0 saturated carbocycles. The molecule has 2 aromatic rings. The van der Waals surface area contributed by atoms with Crippen molar-refractivity contribution in [3.63, 3.8) is 0 Å². The minimum atomic E-state index is -4.65. The van der Waals surface area contributed by atoms with E-state index < -0.39 is 43.1 Å². The average molecular weight is 384 g/mol. The van der Waals surface area contributed by atoms with Crippen LogP contribution in [0, 0.1) is 11.8 Å². The summed E-state index contributed by atoms with van der Waals surface area (Å²) in [5.74, 6) is -5.22. The Kier molecular flexibility index (Phi) is 5.24. The number of urea groups is 1. The highest BCUT2D eigenvalue weighted by Gasteiger charge is 2.53. The van der Waals surface area contributed by atoms with Gasteiger partial charge in [0.15, 0.2) is 0 Å². The van der Waals surface area contributed by atoms with E-state index in [4.69, 9.17) is 5.11 Å². The number of amides is 2. The van der Waals surface area contributed by atoms with Crippen LogP contribution in [0.3, 0.4) is 0 Å². The Hall–Kier alpha value is -2.78. The summed E-state index contributed by atoms with van der Waals surface area (Å²) in [5.41, 5.74) is 1.82. The Morgan fingerprint density at radius 2 is 2.00 bits per heavy atom. The molecule has 2 atom stereocenters. The molecule has 1 aliphatic heterocycles. The van der Waals surface area contributed by atoms with Crippen molar-refractivity contribution in [2.45, 2.75) is 19.1 Å². The van der Waals surface area contributed by atoms with Gasteiger partial charge in [-0.15, -0.1) is 0 Å². The van der Waals surface area contributed by atoms with Crippen molar-refractivity contribution in [1.82, 2.24) is 19.8 Å². The summed E-state index contributed by atoms with van der Waals surface area (Å²) >= 11 is 0. The Morgan fingerprint density at radius 1 is 1.26 bits per heavy atom. The van der Waals surface area contributed by atoms with Crippen molar-refractivity contribution >= 4 is 23.0 Å². The standard InChI is InChI=1S/C17H19F3N4O3/c18-17(19,20)12-9-24(8-11(12)15(25)26)16(27)21-6-3-7-23-10-22-13-4-1-2-5-14(13)23/h1-2,4-5,10-12H,3,6-9H2,(H,21,27)(H,25,26)/t11-,12-/m1/s1. The summed E-state index contributed by atoms with van der Waals surface area (Å²) < 4.78 is 40.8. The third-order valence-corrected chi connectivity index (χ3v) is 4.72. The fourth-order valence-corrected chi connectivity index (χ4v) is 3.30. The van der Waals surface area contributed by atoms with Crippen molar-refractivity contribution < 1.29 is 27.9 Å². The molecule has 0 spiro atoms. The number of halogens is 3. The van der Waals surface area contributed by atoms with Gasteiger partial charge in [0.05, 0.1) is 29.2 Å². The highest BCUT2D eigenvalue weighted by atomic mass is 19.4. The monoisotopic (exact) mass is 384 g/mol. The number of nitrogens with one attached hydrogen (secondary N) is 1.